The zero-order valence-electron chi connectivity index (χ0n) is 13.2. The van der Waals surface area contributed by atoms with Crippen molar-refractivity contribution in [1.29, 1.82) is 0 Å². The number of carbonyl (C=O) groups is 3. The van der Waals surface area contributed by atoms with Gasteiger partial charge in [-0.1, -0.05) is 23.7 Å². The predicted molar refractivity (Wildman–Crippen MR) is 90.8 cm³/mol. The molecule has 25 heavy (non-hydrogen) atoms. The molecule has 0 aliphatic heterocycles. The lowest BCUT2D eigenvalue weighted by molar-refractivity contribution is -0.140. The third-order valence-electron chi connectivity index (χ3n) is 3.14. The second kappa shape index (κ2) is 8.16. The number of carbonyl (C=O) groups excluding carboxylic acids is 2. The monoisotopic (exact) mass is 362 g/mol. The Balaban J connectivity index is 2.26. The van der Waals surface area contributed by atoms with Gasteiger partial charge in [0, 0.05) is 5.02 Å². The molecular formula is C17H15ClN2O5. The van der Waals surface area contributed by atoms with Gasteiger partial charge in [-0.05, 0) is 42.8 Å². The normalized spacial score (nSPS) is 12.3. The molecule has 2 amide bonds. The van der Waals surface area contributed by atoms with Gasteiger partial charge in [0.1, 0.15) is 11.7 Å². The first-order chi connectivity index (χ1) is 11.9. The number of carboxylic acid groups (broad SMARTS) is 1. The molecule has 1 atom stereocenters. The number of hydrogen-bond acceptors (Lipinski definition) is 4. The van der Waals surface area contributed by atoms with Crippen LogP contribution in [-0.4, -0.2) is 28.9 Å². The van der Waals surface area contributed by atoms with Gasteiger partial charge in [-0.25, -0.2) is 0 Å². The predicted octanol–water partition coefficient (Wildman–Crippen LogP) is 2.29. The van der Waals surface area contributed by atoms with Gasteiger partial charge in [0.25, 0.3) is 11.8 Å². The Morgan fingerprint density at radius 2 is 1.88 bits per heavy atom. The first-order valence-electron chi connectivity index (χ1n) is 7.22. The SMILES string of the molecule is C[C@@H](NC(=O)/C(=C\c1ccc(Cl)cc1)NC(=O)c1ccco1)C(=O)O. The molecule has 0 radical (unpaired) electrons. The van der Waals surface area contributed by atoms with E-state index in [1.165, 1.54) is 31.4 Å². The van der Waals surface area contributed by atoms with Crippen LogP contribution in [0.1, 0.15) is 23.0 Å². The zero-order chi connectivity index (χ0) is 18.4. The van der Waals surface area contributed by atoms with Crippen LogP contribution in [0.2, 0.25) is 5.02 Å². The number of amides is 2. The highest BCUT2D eigenvalue weighted by molar-refractivity contribution is 6.30. The Labute approximate surface area is 148 Å². The molecule has 1 aromatic heterocycles. The summed E-state index contributed by atoms with van der Waals surface area (Å²) in [6.45, 7) is 1.31. The van der Waals surface area contributed by atoms with Crippen LogP contribution in [0.5, 0.6) is 0 Å². The highest BCUT2D eigenvalue weighted by Crippen LogP contribution is 2.12. The minimum atomic E-state index is -1.20. The van der Waals surface area contributed by atoms with Crippen molar-refractivity contribution in [2.24, 2.45) is 0 Å². The summed E-state index contributed by atoms with van der Waals surface area (Å²) < 4.78 is 4.98. The second-order valence-electron chi connectivity index (χ2n) is 5.07. The molecule has 3 N–H and O–H groups in total. The summed E-state index contributed by atoms with van der Waals surface area (Å²) in [5, 5.41) is 14.1. The lowest BCUT2D eigenvalue weighted by Crippen LogP contribution is -2.42. The Morgan fingerprint density at radius 1 is 1.20 bits per heavy atom. The summed E-state index contributed by atoms with van der Waals surface area (Å²) in [6, 6.07) is 8.39. The maximum Gasteiger partial charge on any atom is 0.325 e. The molecule has 7 nitrogen and oxygen atoms in total. The number of aliphatic carboxylic acids is 1. The molecule has 8 heteroatoms. The number of benzene rings is 1. The summed E-state index contributed by atoms with van der Waals surface area (Å²) in [4.78, 5) is 35.4. The van der Waals surface area contributed by atoms with Gasteiger partial charge < -0.3 is 20.2 Å². The van der Waals surface area contributed by atoms with Crippen molar-refractivity contribution in [2.45, 2.75) is 13.0 Å². The average molecular weight is 363 g/mol. The first kappa shape index (κ1) is 18.3. The van der Waals surface area contributed by atoms with Gasteiger partial charge in [0.05, 0.1) is 6.26 Å². The number of hydrogen-bond donors (Lipinski definition) is 3. The lowest BCUT2D eigenvalue weighted by Gasteiger charge is -2.13. The van der Waals surface area contributed by atoms with E-state index in [1.54, 1.807) is 24.3 Å². The van der Waals surface area contributed by atoms with Crippen molar-refractivity contribution < 1.29 is 23.9 Å². The Bertz CT molecular complexity index is 797. The summed E-state index contributed by atoms with van der Waals surface area (Å²) in [5.74, 6) is -2.56. The number of rotatable bonds is 6. The molecule has 2 rings (SSSR count). The highest BCUT2D eigenvalue weighted by atomic mass is 35.5. The largest absolute Gasteiger partial charge is 0.480 e. The van der Waals surface area contributed by atoms with Crippen LogP contribution in [0.15, 0.2) is 52.8 Å². The minimum absolute atomic E-state index is 0.0149. The molecule has 2 aromatic rings. The fourth-order valence-electron chi connectivity index (χ4n) is 1.81. The molecule has 0 saturated carbocycles. The average Bonchev–Trinajstić information content (AvgIpc) is 3.10. The summed E-state index contributed by atoms with van der Waals surface area (Å²) in [6.07, 6.45) is 2.73. The zero-order valence-corrected chi connectivity index (χ0v) is 13.9. The maximum absolute atomic E-state index is 12.3. The van der Waals surface area contributed by atoms with Gasteiger partial charge in [-0.3, -0.25) is 14.4 Å². The van der Waals surface area contributed by atoms with Crippen LogP contribution in [0.3, 0.4) is 0 Å². The molecule has 1 aromatic carbocycles. The Hall–Kier alpha value is -3.06. The van der Waals surface area contributed by atoms with Gasteiger partial charge >= 0.3 is 5.97 Å². The molecule has 0 spiro atoms. The second-order valence-corrected chi connectivity index (χ2v) is 5.51. The van der Waals surface area contributed by atoms with Crippen molar-refractivity contribution in [1.82, 2.24) is 10.6 Å². The van der Waals surface area contributed by atoms with E-state index in [1.807, 2.05) is 0 Å². The molecule has 0 aliphatic rings. The third-order valence-corrected chi connectivity index (χ3v) is 3.39. The van der Waals surface area contributed by atoms with E-state index >= 15 is 0 Å². The number of carboxylic acids is 1. The summed E-state index contributed by atoms with van der Waals surface area (Å²) >= 11 is 5.82. The van der Waals surface area contributed by atoms with Crippen LogP contribution in [0.25, 0.3) is 6.08 Å². The summed E-state index contributed by atoms with van der Waals surface area (Å²) in [7, 11) is 0. The molecule has 0 unspecified atom stereocenters. The van der Waals surface area contributed by atoms with E-state index < -0.39 is 23.8 Å². The molecule has 0 fully saturated rings. The highest BCUT2D eigenvalue weighted by Gasteiger charge is 2.20. The van der Waals surface area contributed by atoms with E-state index in [2.05, 4.69) is 10.6 Å². The van der Waals surface area contributed by atoms with Crippen molar-refractivity contribution in [3.63, 3.8) is 0 Å². The van der Waals surface area contributed by atoms with E-state index in [9.17, 15) is 14.4 Å². The fraction of sp³-hybridized carbons (Fsp3) is 0.118. The molecule has 0 bridgehead atoms. The van der Waals surface area contributed by atoms with Gasteiger partial charge in [-0.15, -0.1) is 0 Å². The smallest absolute Gasteiger partial charge is 0.325 e. The molecule has 0 saturated heterocycles. The molecule has 0 aliphatic carbocycles. The molecular weight excluding hydrogens is 348 g/mol. The number of nitrogens with one attached hydrogen (secondary N) is 2. The molecule has 130 valence electrons. The van der Waals surface area contributed by atoms with Crippen LogP contribution in [0, 0.1) is 0 Å². The van der Waals surface area contributed by atoms with Crippen LogP contribution in [0.4, 0.5) is 0 Å². The van der Waals surface area contributed by atoms with Gasteiger partial charge in [0.15, 0.2) is 5.76 Å². The van der Waals surface area contributed by atoms with Crippen molar-refractivity contribution >= 4 is 35.5 Å². The van der Waals surface area contributed by atoms with E-state index in [4.69, 9.17) is 21.1 Å². The standard InChI is InChI=1S/C17H15ClN2O5/c1-10(17(23)24)19-15(21)13(9-11-4-6-12(18)7-5-11)20-16(22)14-3-2-8-25-14/h2-10H,1H3,(H,19,21)(H,20,22)(H,23,24)/b13-9+/t10-/m1/s1. The number of furan rings is 1. The number of halogens is 1. The fourth-order valence-corrected chi connectivity index (χ4v) is 1.94. The maximum atomic E-state index is 12.3. The topological polar surface area (TPSA) is 109 Å². The third kappa shape index (κ3) is 5.22. The Morgan fingerprint density at radius 3 is 2.44 bits per heavy atom. The lowest BCUT2D eigenvalue weighted by atomic mass is 10.1. The molecule has 1 heterocycles. The van der Waals surface area contributed by atoms with Gasteiger partial charge in [-0.2, -0.15) is 0 Å². The summed E-state index contributed by atoms with van der Waals surface area (Å²) in [5.41, 5.74) is 0.467. The Kier molecular flexibility index (Phi) is 5.97. The van der Waals surface area contributed by atoms with E-state index in [0.29, 0.717) is 10.6 Å². The minimum Gasteiger partial charge on any atom is -0.480 e. The van der Waals surface area contributed by atoms with Crippen LogP contribution in [-0.2, 0) is 9.59 Å². The van der Waals surface area contributed by atoms with Crippen LogP contribution < -0.4 is 10.6 Å². The van der Waals surface area contributed by atoms with Crippen molar-refractivity contribution in [2.75, 3.05) is 0 Å². The van der Waals surface area contributed by atoms with E-state index in [0.717, 1.165) is 0 Å². The van der Waals surface area contributed by atoms with Crippen molar-refractivity contribution in [3.8, 4) is 0 Å². The first-order valence-corrected chi connectivity index (χ1v) is 7.60. The van der Waals surface area contributed by atoms with E-state index in [-0.39, 0.29) is 11.5 Å². The van der Waals surface area contributed by atoms with Crippen LogP contribution >= 0.6 is 11.6 Å². The van der Waals surface area contributed by atoms with Crippen molar-refractivity contribution in [3.05, 3.63) is 64.7 Å². The quantitative estimate of drug-likeness (QED) is 0.683. The van der Waals surface area contributed by atoms with Gasteiger partial charge in [0.2, 0.25) is 0 Å².